The molecule has 27 heavy (non-hydrogen) atoms. The molecule has 3 aromatic rings. The van der Waals surface area contributed by atoms with E-state index >= 15 is 0 Å². The summed E-state index contributed by atoms with van der Waals surface area (Å²) in [6.45, 7) is 3.90. The molecular formula is C15H14ClF3N6O2. The number of alkyl halides is 3. The number of anilines is 1. The van der Waals surface area contributed by atoms with Gasteiger partial charge in [0.2, 0.25) is 0 Å². The van der Waals surface area contributed by atoms with E-state index in [0.717, 1.165) is 6.07 Å². The Morgan fingerprint density at radius 2 is 2.15 bits per heavy atom. The van der Waals surface area contributed by atoms with Gasteiger partial charge in [-0.05, 0) is 19.9 Å². The predicted molar refractivity (Wildman–Crippen MR) is 89.5 cm³/mol. The first-order chi connectivity index (χ1) is 12.7. The Morgan fingerprint density at radius 3 is 2.81 bits per heavy atom. The van der Waals surface area contributed by atoms with E-state index in [1.807, 2.05) is 6.92 Å². The average Bonchev–Trinajstić information content (AvgIpc) is 3.16. The van der Waals surface area contributed by atoms with E-state index in [1.165, 1.54) is 24.0 Å². The molecule has 1 amide bonds. The van der Waals surface area contributed by atoms with Gasteiger partial charge in [-0.25, -0.2) is 14.2 Å². The monoisotopic (exact) mass is 402 g/mol. The number of carbonyl (C=O) groups excluding carboxylic acids is 1. The van der Waals surface area contributed by atoms with Crippen LogP contribution in [0.3, 0.4) is 0 Å². The molecule has 0 unspecified atom stereocenters. The Hall–Kier alpha value is -2.66. The van der Waals surface area contributed by atoms with Crippen LogP contribution in [0.4, 0.5) is 18.9 Å². The molecule has 0 fully saturated rings. The Kier molecular flexibility index (Phi) is 5.07. The van der Waals surface area contributed by atoms with Crippen molar-refractivity contribution in [3.63, 3.8) is 0 Å². The maximum atomic E-state index is 13.2. The highest BCUT2D eigenvalue weighted by atomic mass is 35.5. The van der Waals surface area contributed by atoms with Gasteiger partial charge in [-0.2, -0.15) is 23.4 Å². The standard InChI is InChI=1S/C15H14ClF3N6O2/c1-3-27-7-24-6-9(5-20-24)22-14(26)12-11(16)13-21-8(2)4-10(15(17,18)19)25(13)23-12/h4-6H,3,7H2,1-2H3,(H,22,26). The molecule has 0 atom stereocenters. The van der Waals surface area contributed by atoms with Gasteiger partial charge in [0.25, 0.3) is 5.91 Å². The van der Waals surface area contributed by atoms with Gasteiger partial charge in [0.15, 0.2) is 11.3 Å². The number of hydrogen-bond donors (Lipinski definition) is 1. The lowest BCUT2D eigenvalue weighted by atomic mass is 10.3. The lowest BCUT2D eigenvalue weighted by molar-refractivity contribution is -0.142. The van der Waals surface area contributed by atoms with Crippen LogP contribution < -0.4 is 5.32 Å². The minimum absolute atomic E-state index is 0.0979. The van der Waals surface area contributed by atoms with Gasteiger partial charge in [-0.3, -0.25) is 4.79 Å². The molecule has 0 aliphatic carbocycles. The average molecular weight is 403 g/mol. The van der Waals surface area contributed by atoms with Crippen molar-refractivity contribution in [2.45, 2.75) is 26.8 Å². The number of amides is 1. The first-order valence-corrected chi connectivity index (χ1v) is 8.13. The van der Waals surface area contributed by atoms with Crippen molar-refractivity contribution in [2.24, 2.45) is 0 Å². The molecule has 0 radical (unpaired) electrons. The molecule has 0 saturated heterocycles. The summed E-state index contributed by atoms with van der Waals surface area (Å²) in [6, 6.07) is 0.829. The highest BCUT2D eigenvalue weighted by Crippen LogP contribution is 2.32. The molecule has 3 aromatic heterocycles. The quantitative estimate of drug-likeness (QED) is 0.708. The second-order valence-electron chi connectivity index (χ2n) is 5.52. The van der Waals surface area contributed by atoms with Crippen LogP contribution in [0.25, 0.3) is 5.65 Å². The number of rotatable bonds is 5. The fourth-order valence-electron chi connectivity index (χ4n) is 2.33. The topological polar surface area (TPSA) is 86.3 Å². The lowest BCUT2D eigenvalue weighted by Gasteiger charge is -2.09. The van der Waals surface area contributed by atoms with Gasteiger partial charge in [0.1, 0.15) is 17.4 Å². The summed E-state index contributed by atoms with van der Waals surface area (Å²) in [7, 11) is 0. The van der Waals surface area contributed by atoms with E-state index in [-0.39, 0.29) is 28.8 Å². The van der Waals surface area contributed by atoms with Crippen molar-refractivity contribution < 1.29 is 22.7 Å². The van der Waals surface area contributed by atoms with Crippen LogP contribution >= 0.6 is 11.6 Å². The summed E-state index contributed by atoms with van der Waals surface area (Å²) in [4.78, 5) is 16.4. The number of nitrogens with one attached hydrogen (secondary N) is 1. The van der Waals surface area contributed by atoms with Gasteiger partial charge in [0.05, 0.1) is 18.1 Å². The lowest BCUT2D eigenvalue weighted by Crippen LogP contribution is -2.15. The molecule has 12 heteroatoms. The summed E-state index contributed by atoms with van der Waals surface area (Å²) in [5, 5.41) is 9.90. The van der Waals surface area contributed by atoms with Crippen molar-refractivity contribution in [1.29, 1.82) is 0 Å². The second-order valence-corrected chi connectivity index (χ2v) is 5.90. The number of aromatic nitrogens is 5. The second kappa shape index (κ2) is 7.16. The molecule has 0 aliphatic rings. The predicted octanol–water partition coefficient (Wildman–Crippen LogP) is 3.15. The third-order valence-electron chi connectivity index (χ3n) is 3.49. The van der Waals surface area contributed by atoms with Crippen molar-refractivity contribution in [3.8, 4) is 0 Å². The Balaban J connectivity index is 1.93. The maximum absolute atomic E-state index is 13.2. The van der Waals surface area contributed by atoms with Crippen LogP contribution in [0.5, 0.6) is 0 Å². The summed E-state index contributed by atoms with van der Waals surface area (Å²) in [6.07, 6.45) is -1.82. The minimum Gasteiger partial charge on any atom is -0.360 e. The third-order valence-corrected chi connectivity index (χ3v) is 3.83. The van der Waals surface area contributed by atoms with Gasteiger partial charge < -0.3 is 10.1 Å². The Bertz CT molecular complexity index is 998. The van der Waals surface area contributed by atoms with Crippen LogP contribution in [0.15, 0.2) is 18.5 Å². The fourth-order valence-corrected chi connectivity index (χ4v) is 2.58. The maximum Gasteiger partial charge on any atom is 0.433 e. The largest absolute Gasteiger partial charge is 0.433 e. The van der Waals surface area contributed by atoms with Crippen LogP contribution in [0, 0.1) is 6.92 Å². The third kappa shape index (κ3) is 3.88. The normalized spacial score (nSPS) is 11.9. The molecule has 144 valence electrons. The smallest absolute Gasteiger partial charge is 0.360 e. The van der Waals surface area contributed by atoms with Gasteiger partial charge in [0, 0.05) is 12.3 Å². The Labute approximate surface area is 155 Å². The summed E-state index contributed by atoms with van der Waals surface area (Å²) in [5.74, 6) is -0.785. The van der Waals surface area contributed by atoms with E-state index in [1.54, 1.807) is 0 Å². The number of ether oxygens (including phenoxy) is 1. The minimum atomic E-state index is -4.69. The van der Waals surface area contributed by atoms with Gasteiger partial charge >= 0.3 is 6.18 Å². The molecule has 0 bridgehead atoms. The zero-order chi connectivity index (χ0) is 19.8. The fraction of sp³-hybridized carbons (Fsp3) is 0.333. The molecule has 0 aromatic carbocycles. The number of halogens is 4. The zero-order valence-corrected chi connectivity index (χ0v) is 15.0. The molecule has 0 saturated carbocycles. The van der Waals surface area contributed by atoms with Gasteiger partial charge in [-0.1, -0.05) is 11.6 Å². The van der Waals surface area contributed by atoms with Crippen LogP contribution in [-0.2, 0) is 17.6 Å². The summed E-state index contributed by atoms with van der Waals surface area (Å²) >= 11 is 6.07. The SMILES string of the molecule is CCOCn1cc(NC(=O)c2nn3c(C(F)(F)F)cc(C)nc3c2Cl)cn1. The number of fused-ring (bicyclic) bond motifs is 1. The highest BCUT2D eigenvalue weighted by Gasteiger charge is 2.36. The van der Waals surface area contributed by atoms with E-state index < -0.39 is 17.8 Å². The van der Waals surface area contributed by atoms with E-state index in [4.69, 9.17) is 16.3 Å². The molecule has 8 nitrogen and oxygen atoms in total. The van der Waals surface area contributed by atoms with Gasteiger partial charge in [-0.15, -0.1) is 0 Å². The molecule has 3 heterocycles. The van der Waals surface area contributed by atoms with Crippen molar-refractivity contribution in [3.05, 3.63) is 40.6 Å². The summed E-state index contributed by atoms with van der Waals surface area (Å²) in [5.41, 5.74) is -1.29. The molecule has 3 rings (SSSR count). The highest BCUT2D eigenvalue weighted by molar-refractivity contribution is 6.37. The first kappa shape index (κ1) is 19.1. The molecular weight excluding hydrogens is 389 g/mol. The first-order valence-electron chi connectivity index (χ1n) is 7.75. The summed E-state index contributed by atoms with van der Waals surface area (Å²) < 4.78 is 46.8. The molecule has 1 N–H and O–H groups in total. The van der Waals surface area contributed by atoms with Crippen LogP contribution in [0.2, 0.25) is 5.02 Å². The number of aryl methyl sites for hydroxylation is 1. The molecule has 0 aliphatic heterocycles. The van der Waals surface area contributed by atoms with Crippen LogP contribution in [-0.4, -0.2) is 36.9 Å². The van der Waals surface area contributed by atoms with Crippen molar-refractivity contribution in [1.82, 2.24) is 24.4 Å². The van der Waals surface area contributed by atoms with Crippen molar-refractivity contribution >= 4 is 28.8 Å². The van der Waals surface area contributed by atoms with Crippen molar-refractivity contribution in [2.75, 3.05) is 11.9 Å². The number of carbonyl (C=O) groups is 1. The number of hydrogen-bond acceptors (Lipinski definition) is 5. The van der Waals surface area contributed by atoms with Crippen LogP contribution in [0.1, 0.15) is 28.8 Å². The zero-order valence-electron chi connectivity index (χ0n) is 14.2. The van der Waals surface area contributed by atoms with E-state index in [9.17, 15) is 18.0 Å². The van der Waals surface area contributed by atoms with E-state index in [0.29, 0.717) is 16.8 Å². The Morgan fingerprint density at radius 1 is 1.41 bits per heavy atom. The molecule has 0 spiro atoms. The van der Waals surface area contributed by atoms with E-state index in [2.05, 4.69) is 20.5 Å². The number of nitrogens with zero attached hydrogens (tertiary/aromatic N) is 5.